The molecular formula is C14H17NO. The van der Waals surface area contributed by atoms with Crippen molar-refractivity contribution < 1.29 is 5.11 Å². The van der Waals surface area contributed by atoms with Gasteiger partial charge in [-0.2, -0.15) is 0 Å². The lowest BCUT2D eigenvalue weighted by molar-refractivity contribution is 0.511. The molecule has 0 heterocycles. The molecule has 2 nitrogen and oxygen atoms in total. The summed E-state index contributed by atoms with van der Waals surface area (Å²) in [5, 5.41) is 9.56. The Labute approximate surface area is 97.1 Å². The standard InChI is InChI=1S/C14H17NO/c1-3-4-5-7-12-8-6-9-13(10-12)14(16)11-15-2/h6,8-11,16H,3-5,7H2,1H3/b14-11+. The van der Waals surface area contributed by atoms with E-state index in [9.17, 15) is 5.11 Å². The van der Waals surface area contributed by atoms with Crippen LogP contribution in [-0.4, -0.2) is 5.11 Å². The fraction of sp³-hybridized carbons (Fsp3) is 0.357. The first kappa shape index (κ1) is 12.3. The van der Waals surface area contributed by atoms with Crippen LogP contribution in [-0.2, 0) is 6.42 Å². The van der Waals surface area contributed by atoms with E-state index in [0.717, 1.165) is 18.2 Å². The predicted octanol–water partition coefficient (Wildman–Crippen LogP) is 4.19. The van der Waals surface area contributed by atoms with Crippen LogP contribution in [0.5, 0.6) is 0 Å². The van der Waals surface area contributed by atoms with Gasteiger partial charge in [0, 0.05) is 5.56 Å². The molecule has 0 aliphatic heterocycles. The molecule has 0 radical (unpaired) electrons. The maximum absolute atomic E-state index is 9.56. The number of unbranched alkanes of at least 4 members (excludes halogenated alkanes) is 2. The van der Waals surface area contributed by atoms with E-state index in [2.05, 4.69) is 17.8 Å². The molecule has 0 saturated heterocycles. The lowest BCUT2D eigenvalue weighted by Crippen LogP contribution is -1.88. The molecule has 0 unspecified atom stereocenters. The molecule has 0 aliphatic rings. The Morgan fingerprint density at radius 1 is 1.44 bits per heavy atom. The van der Waals surface area contributed by atoms with Gasteiger partial charge < -0.3 is 5.11 Å². The van der Waals surface area contributed by atoms with Crippen molar-refractivity contribution in [1.29, 1.82) is 0 Å². The molecule has 0 aromatic heterocycles. The summed E-state index contributed by atoms with van der Waals surface area (Å²) in [7, 11) is 0. The van der Waals surface area contributed by atoms with Gasteiger partial charge in [0.1, 0.15) is 5.76 Å². The number of hydrogen-bond donors (Lipinski definition) is 1. The average Bonchev–Trinajstić information content (AvgIpc) is 2.30. The van der Waals surface area contributed by atoms with Crippen molar-refractivity contribution in [3.63, 3.8) is 0 Å². The summed E-state index contributed by atoms with van der Waals surface area (Å²) in [6.07, 6.45) is 5.79. The minimum absolute atomic E-state index is 0.0485. The number of aliphatic hydroxyl groups excluding tert-OH is 1. The van der Waals surface area contributed by atoms with Gasteiger partial charge in [0.15, 0.2) is 6.20 Å². The van der Waals surface area contributed by atoms with Gasteiger partial charge in [-0.25, -0.2) is 4.85 Å². The SMILES string of the molecule is [C-]#[N+]/C=C(/O)c1cccc(CCCCC)c1. The highest BCUT2D eigenvalue weighted by atomic mass is 16.3. The minimum Gasteiger partial charge on any atom is -0.519 e. The Balaban J connectivity index is 2.72. The Bertz CT molecular complexity index is 401. The number of hydrogen-bond acceptors (Lipinski definition) is 1. The normalized spacial score (nSPS) is 11.1. The van der Waals surface area contributed by atoms with Gasteiger partial charge in [0.25, 0.3) is 0 Å². The molecule has 0 atom stereocenters. The average molecular weight is 215 g/mol. The van der Waals surface area contributed by atoms with Crippen LogP contribution >= 0.6 is 0 Å². The topological polar surface area (TPSA) is 24.6 Å². The van der Waals surface area contributed by atoms with Crippen LogP contribution in [0, 0.1) is 6.57 Å². The first-order valence-electron chi connectivity index (χ1n) is 5.63. The third kappa shape index (κ3) is 3.78. The van der Waals surface area contributed by atoms with Crippen molar-refractivity contribution in [3.05, 3.63) is 53.0 Å². The van der Waals surface area contributed by atoms with Gasteiger partial charge in [0.05, 0.1) is 6.57 Å². The molecule has 0 amide bonds. The third-order valence-corrected chi connectivity index (χ3v) is 2.48. The second-order valence-corrected chi connectivity index (χ2v) is 3.80. The fourth-order valence-electron chi connectivity index (χ4n) is 1.60. The summed E-state index contributed by atoms with van der Waals surface area (Å²) in [5.41, 5.74) is 1.95. The van der Waals surface area contributed by atoms with Crippen LogP contribution in [0.2, 0.25) is 0 Å². The highest BCUT2D eigenvalue weighted by molar-refractivity contribution is 5.59. The van der Waals surface area contributed by atoms with E-state index in [1.54, 1.807) is 0 Å². The summed E-state index contributed by atoms with van der Waals surface area (Å²) in [4.78, 5) is 3.06. The van der Waals surface area contributed by atoms with Crippen LogP contribution in [0.25, 0.3) is 10.6 Å². The Morgan fingerprint density at radius 3 is 2.94 bits per heavy atom. The maximum Gasteiger partial charge on any atom is 0.195 e. The zero-order chi connectivity index (χ0) is 11.8. The van der Waals surface area contributed by atoms with Gasteiger partial charge in [0.2, 0.25) is 0 Å². The molecule has 0 saturated carbocycles. The highest BCUT2D eigenvalue weighted by Crippen LogP contribution is 2.15. The highest BCUT2D eigenvalue weighted by Gasteiger charge is 1.99. The largest absolute Gasteiger partial charge is 0.519 e. The number of aryl methyl sites for hydroxylation is 1. The number of benzene rings is 1. The molecule has 1 rings (SSSR count). The lowest BCUT2D eigenvalue weighted by Gasteiger charge is -2.04. The zero-order valence-electron chi connectivity index (χ0n) is 9.61. The van der Waals surface area contributed by atoms with E-state index in [1.807, 2.05) is 18.2 Å². The van der Waals surface area contributed by atoms with Crippen molar-refractivity contribution in [2.45, 2.75) is 32.6 Å². The van der Waals surface area contributed by atoms with Gasteiger partial charge >= 0.3 is 0 Å². The van der Waals surface area contributed by atoms with Gasteiger partial charge in [-0.15, -0.1) is 0 Å². The lowest BCUT2D eigenvalue weighted by atomic mass is 10.0. The molecule has 84 valence electrons. The number of rotatable bonds is 5. The monoisotopic (exact) mass is 215 g/mol. The van der Waals surface area contributed by atoms with Crippen LogP contribution in [0.3, 0.4) is 0 Å². The molecule has 0 fully saturated rings. The van der Waals surface area contributed by atoms with Crippen molar-refractivity contribution in [2.75, 3.05) is 0 Å². The summed E-state index contributed by atoms with van der Waals surface area (Å²) in [6, 6.07) is 7.75. The number of aliphatic hydroxyl groups is 1. The molecule has 1 aromatic carbocycles. The summed E-state index contributed by atoms with van der Waals surface area (Å²) in [5.74, 6) is 0.0485. The molecular weight excluding hydrogens is 198 g/mol. The molecule has 1 aromatic rings. The quantitative estimate of drug-likeness (QED) is 0.444. The maximum atomic E-state index is 9.56. The van der Waals surface area contributed by atoms with E-state index in [0.29, 0.717) is 0 Å². The summed E-state index contributed by atoms with van der Waals surface area (Å²) >= 11 is 0. The summed E-state index contributed by atoms with van der Waals surface area (Å²) < 4.78 is 0. The minimum atomic E-state index is 0.0485. The Hall–Kier alpha value is -1.75. The molecule has 0 bridgehead atoms. The van der Waals surface area contributed by atoms with Crippen molar-refractivity contribution in [3.8, 4) is 0 Å². The predicted molar refractivity (Wildman–Crippen MR) is 66.9 cm³/mol. The van der Waals surface area contributed by atoms with E-state index < -0.39 is 0 Å². The number of nitrogens with zero attached hydrogens (tertiary/aromatic N) is 1. The van der Waals surface area contributed by atoms with Gasteiger partial charge in [-0.3, -0.25) is 0 Å². The Morgan fingerprint density at radius 2 is 2.25 bits per heavy atom. The van der Waals surface area contributed by atoms with E-state index in [-0.39, 0.29) is 5.76 Å². The van der Waals surface area contributed by atoms with Crippen molar-refractivity contribution in [2.24, 2.45) is 0 Å². The van der Waals surface area contributed by atoms with Gasteiger partial charge in [-0.1, -0.05) is 38.0 Å². The smallest absolute Gasteiger partial charge is 0.195 e. The second kappa shape index (κ2) is 6.68. The molecule has 2 heteroatoms. The van der Waals surface area contributed by atoms with Crippen LogP contribution < -0.4 is 0 Å². The van der Waals surface area contributed by atoms with Crippen molar-refractivity contribution in [1.82, 2.24) is 0 Å². The molecule has 0 spiro atoms. The van der Waals surface area contributed by atoms with Crippen LogP contribution in [0.4, 0.5) is 0 Å². The first-order chi connectivity index (χ1) is 7.77. The summed E-state index contributed by atoms with van der Waals surface area (Å²) in [6.45, 7) is 8.84. The van der Waals surface area contributed by atoms with E-state index >= 15 is 0 Å². The molecule has 1 N–H and O–H groups in total. The third-order valence-electron chi connectivity index (χ3n) is 2.48. The fourth-order valence-corrected chi connectivity index (χ4v) is 1.60. The molecule has 16 heavy (non-hydrogen) atoms. The van der Waals surface area contributed by atoms with E-state index in [1.165, 1.54) is 24.8 Å². The van der Waals surface area contributed by atoms with Crippen LogP contribution in [0.1, 0.15) is 37.3 Å². The Kier molecular flexibility index (Phi) is 5.15. The second-order valence-electron chi connectivity index (χ2n) is 3.80. The molecule has 0 aliphatic carbocycles. The van der Waals surface area contributed by atoms with Crippen LogP contribution in [0.15, 0.2) is 30.5 Å². The van der Waals surface area contributed by atoms with E-state index in [4.69, 9.17) is 6.57 Å². The van der Waals surface area contributed by atoms with Gasteiger partial charge in [-0.05, 0) is 24.5 Å². The van der Waals surface area contributed by atoms with Crippen molar-refractivity contribution >= 4 is 5.76 Å². The first-order valence-corrected chi connectivity index (χ1v) is 5.63. The zero-order valence-corrected chi connectivity index (χ0v) is 9.61.